The van der Waals surface area contributed by atoms with E-state index in [-0.39, 0.29) is 0 Å². The summed E-state index contributed by atoms with van der Waals surface area (Å²) in [5.41, 5.74) is 0. The standard InChI is InChI=1S/C13H23NO7/c1-3-5-14(6-4-2)11(17)10-9(16)8(15)7-13(20,21-10)12(18)19/h8-10,15-16,20H,3-7H2,1-2H3,(H,18,19)/t8-,9+,10+,13?/m0/s1. The first-order valence-electron chi connectivity index (χ1n) is 7.05. The fourth-order valence-electron chi connectivity index (χ4n) is 2.32. The molecule has 0 saturated carbocycles. The summed E-state index contributed by atoms with van der Waals surface area (Å²) in [5, 5.41) is 38.4. The molecular formula is C13H23NO7. The SMILES string of the molecule is CCCN(CCC)C(=O)[C@@H]1OC(O)(C(=O)O)C[C@H](O)[C@H]1O. The minimum atomic E-state index is -2.68. The average Bonchev–Trinajstić information content (AvgIpc) is 2.41. The average molecular weight is 305 g/mol. The van der Waals surface area contributed by atoms with Crippen LogP contribution in [-0.2, 0) is 14.3 Å². The van der Waals surface area contributed by atoms with Gasteiger partial charge in [-0.2, -0.15) is 0 Å². The Morgan fingerprint density at radius 1 is 1.24 bits per heavy atom. The van der Waals surface area contributed by atoms with E-state index in [0.717, 1.165) is 0 Å². The van der Waals surface area contributed by atoms with Crippen LogP contribution in [0.3, 0.4) is 0 Å². The molecule has 0 aliphatic carbocycles. The second-order valence-corrected chi connectivity index (χ2v) is 5.22. The Labute approximate surface area is 122 Å². The van der Waals surface area contributed by atoms with E-state index in [9.17, 15) is 24.9 Å². The predicted octanol–water partition coefficient (Wildman–Crippen LogP) is -1.08. The van der Waals surface area contributed by atoms with Gasteiger partial charge in [-0.25, -0.2) is 4.79 Å². The van der Waals surface area contributed by atoms with E-state index >= 15 is 0 Å². The van der Waals surface area contributed by atoms with Crippen LogP contribution in [0.5, 0.6) is 0 Å². The van der Waals surface area contributed by atoms with Crippen LogP contribution in [0, 0.1) is 0 Å². The van der Waals surface area contributed by atoms with Crippen molar-refractivity contribution in [3.05, 3.63) is 0 Å². The zero-order chi connectivity index (χ0) is 16.2. The van der Waals surface area contributed by atoms with Gasteiger partial charge in [0.05, 0.1) is 6.10 Å². The van der Waals surface area contributed by atoms with Crippen LogP contribution in [0.15, 0.2) is 0 Å². The molecule has 4 atom stereocenters. The zero-order valence-corrected chi connectivity index (χ0v) is 12.2. The van der Waals surface area contributed by atoms with Gasteiger partial charge in [0.15, 0.2) is 6.10 Å². The molecule has 0 aromatic rings. The summed E-state index contributed by atoms with van der Waals surface area (Å²) < 4.78 is 4.91. The molecule has 1 unspecified atom stereocenters. The Morgan fingerprint density at radius 3 is 2.19 bits per heavy atom. The second-order valence-electron chi connectivity index (χ2n) is 5.22. The van der Waals surface area contributed by atoms with Gasteiger partial charge in [-0.05, 0) is 12.8 Å². The summed E-state index contributed by atoms with van der Waals surface area (Å²) in [5.74, 6) is -5.02. The van der Waals surface area contributed by atoms with Gasteiger partial charge in [-0.15, -0.1) is 0 Å². The highest BCUT2D eigenvalue weighted by Gasteiger charge is 2.53. The highest BCUT2D eigenvalue weighted by atomic mass is 16.7. The first-order chi connectivity index (χ1) is 9.76. The number of amides is 1. The molecule has 1 rings (SSSR count). The van der Waals surface area contributed by atoms with Crippen molar-refractivity contribution in [2.75, 3.05) is 13.1 Å². The molecule has 0 radical (unpaired) electrons. The molecule has 122 valence electrons. The summed E-state index contributed by atoms with van der Waals surface area (Å²) >= 11 is 0. The lowest BCUT2D eigenvalue weighted by molar-refractivity contribution is -0.289. The van der Waals surface area contributed by atoms with Crippen LogP contribution in [0.2, 0.25) is 0 Å². The van der Waals surface area contributed by atoms with Crippen molar-refractivity contribution in [3.8, 4) is 0 Å². The molecule has 1 heterocycles. The number of ether oxygens (including phenoxy) is 1. The third-order valence-electron chi connectivity index (χ3n) is 3.39. The van der Waals surface area contributed by atoms with Gasteiger partial charge in [0.25, 0.3) is 11.7 Å². The second kappa shape index (κ2) is 7.17. The summed E-state index contributed by atoms with van der Waals surface area (Å²) in [6.07, 6.45) is -4.07. The minimum absolute atomic E-state index is 0.418. The van der Waals surface area contributed by atoms with Crippen LogP contribution in [0.4, 0.5) is 0 Å². The van der Waals surface area contributed by atoms with Gasteiger partial charge in [-0.1, -0.05) is 13.8 Å². The Bertz CT molecular complexity index is 383. The maximum Gasteiger partial charge on any atom is 0.364 e. The largest absolute Gasteiger partial charge is 0.477 e. The highest BCUT2D eigenvalue weighted by molar-refractivity contribution is 5.83. The van der Waals surface area contributed by atoms with Crippen molar-refractivity contribution in [2.24, 2.45) is 0 Å². The van der Waals surface area contributed by atoms with E-state index in [0.29, 0.717) is 25.9 Å². The molecule has 1 amide bonds. The number of aliphatic carboxylic acids is 1. The zero-order valence-electron chi connectivity index (χ0n) is 12.2. The number of hydrogen-bond donors (Lipinski definition) is 4. The predicted molar refractivity (Wildman–Crippen MR) is 71.3 cm³/mol. The molecule has 8 heteroatoms. The van der Waals surface area contributed by atoms with Crippen molar-refractivity contribution >= 4 is 11.9 Å². The van der Waals surface area contributed by atoms with Crippen LogP contribution < -0.4 is 0 Å². The molecule has 1 saturated heterocycles. The number of aliphatic hydroxyl groups excluding tert-OH is 2. The van der Waals surface area contributed by atoms with E-state index < -0.39 is 42.4 Å². The van der Waals surface area contributed by atoms with Crippen LogP contribution >= 0.6 is 0 Å². The highest BCUT2D eigenvalue weighted by Crippen LogP contribution is 2.29. The van der Waals surface area contributed by atoms with Crippen molar-refractivity contribution < 1.29 is 34.8 Å². The van der Waals surface area contributed by atoms with Gasteiger partial charge in [0.1, 0.15) is 6.10 Å². The first-order valence-corrected chi connectivity index (χ1v) is 7.05. The van der Waals surface area contributed by atoms with Crippen molar-refractivity contribution in [1.82, 2.24) is 4.90 Å². The molecule has 1 fully saturated rings. The number of aliphatic hydroxyl groups is 3. The third kappa shape index (κ3) is 3.91. The van der Waals surface area contributed by atoms with Crippen molar-refractivity contribution in [2.45, 2.75) is 57.2 Å². The van der Waals surface area contributed by atoms with Crippen LogP contribution in [-0.4, -0.2) is 74.4 Å². The lowest BCUT2D eigenvalue weighted by atomic mass is 9.94. The lowest BCUT2D eigenvalue weighted by Crippen LogP contribution is -2.62. The lowest BCUT2D eigenvalue weighted by Gasteiger charge is -2.40. The summed E-state index contributed by atoms with van der Waals surface area (Å²) in [6.45, 7) is 4.58. The summed E-state index contributed by atoms with van der Waals surface area (Å²) in [6, 6.07) is 0. The fourth-order valence-corrected chi connectivity index (χ4v) is 2.32. The minimum Gasteiger partial charge on any atom is -0.477 e. The fraction of sp³-hybridized carbons (Fsp3) is 0.846. The number of rotatable bonds is 6. The maximum atomic E-state index is 12.4. The van der Waals surface area contributed by atoms with E-state index in [4.69, 9.17) is 9.84 Å². The first kappa shape index (κ1) is 17.8. The van der Waals surface area contributed by atoms with Gasteiger partial charge in [-0.3, -0.25) is 4.79 Å². The molecule has 4 N–H and O–H groups in total. The third-order valence-corrected chi connectivity index (χ3v) is 3.39. The molecule has 0 aromatic carbocycles. The number of carbonyl (C=O) groups is 2. The molecule has 0 bridgehead atoms. The normalized spacial score (nSPS) is 32.7. The Kier molecular flexibility index (Phi) is 6.09. The molecule has 0 spiro atoms. The smallest absolute Gasteiger partial charge is 0.364 e. The number of hydrogen-bond acceptors (Lipinski definition) is 6. The van der Waals surface area contributed by atoms with Gasteiger partial charge < -0.3 is 30.1 Å². The van der Waals surface area contributed by atoms with Crippen molar-refractivity contribution in [1.29, 1.82) is 0 Å². The van der Waals surface area contributed by atoms with E-state index in [2.05, 4.69) is 0 Å². The number of carboxylic acids is 1. The molecule has 1 aliphatic rings. The molecule has 1 aliphatic heterocycles. The Morgan fingerprint density at radius 2 is 1.76 bits per heavy atom. The number of carbonyl (C=O) groups excluding carboxylic acids is 1. The molecule has 0 aromatic heterocycles. The molecular weight excluding hydrogens is 282 g/mol. The monoisotopic (exact) mass is 305 g/mol. The molecule has 21 heavy (non-hydrogen) atoms. The topological polar surface area (TPSA) is 128 Å². The molecule has 8 nitrogen and oxygen atoms in total. The summed E-state index contributed by atoms with van der Waals surface area (Å²) in [4.78, 5) is 24.8. The quantitative estimate of drug-likeness (QED) is 0.491. The van der Waals surface area contributed by atoms with Gasteiger partial charge in [0.2, 0.25) is 0 Å². The van der Waals surface area contributed by atoms with Gasteiger partial charge >= 0.3 is 5.97 Å². The summed E-state index contributed by atoms with van der Waals surface area (Å²) in [7, 11) is 0. The Hall–Kier alpha value is -1.22. The van der Waals surface area contributed by atoms with Crippen LogP contribution in [0.1, 0.15) is 33.1 Å². The van der Waals surface area contributed by atoms with E-state index in [1.165, 1.54) is 4.90 Å². The van der Waals surface area contributed by atoms with E-state index in [1.54, 1.807) is 0 Å². The number of carboxylic acid groups (broad SMARTS) is 1. The van der Waals surface area contributed by atoms with Crippen molar-refractivity contribution in [3.63, 3.8) is 0 Å². The Balaban J connectivity index is 2.96. The van der Waals surface area contributed by atoms with Gasteiger partial charge in [0, 0.05) is 19.5 Å². The van der Waals surface area contributed by atoms with E-state index in [1.807, 2.05) is 13.8 Å². The maximum absolute atomic E-state index is 12.4. The van der Waals surface area contributed by atoms with Crippen LogP contribution in [0.25, 0.3) is 0 Å². The number of nitrogens with zero attached hydrogens (tertiary/aromatic N) is 1.